The van der Waals surface area contributed by atoms with Crippen molar-refractivity contribution in [3.63, 3.8) is 0 Å². The van der Waals surface area contributed by atoms with Gasteiger partial charge in [0.15, 0.2) is 5.60 Å². The van der Waals surface area contributed by atoms with Gasteiger partial charge in [-0.2, -0.15) is 0 Å². The van der Waals surface area contributed by atoms with Gasteiger partial charge in [0.1, 0.15) is 17.8 Å². The lowest BCUT2D eigenvalue weighted by molar-refractivity contribution is -0.361. The van der Waals surface area contributed by atoms with E-state index in [2.05, 4.69) is 0 Å². The topological polar surface area (TPSA) is 143 Å². The molecule has 1 heterocycles. The number of aliphatic hydroxyl groups excluding tert-OH is 3. The summed E-state index contributed by atoms with van der Waals surface area (Å²) in [4.78, 5) is 26.0. The number of hydrogen-bond donors (Lipinski definition) is 4. The van der Waals surface area contributed by atoms with Crippen LogP contribution in [0.25, 0.3) is 0 Å². The average molecular weight is 531 g/mol. The zero-order valence-corrected chi connectivity index (χ0v) is 22.5. The highest BCUT2D eigenvalue weighted by Crippen LogP contribution is 2.64. The minimum Gasteiger partial charge on any atom is -0.455 e. The van der Waals surface area contributed by atoms with Crippen LogP contribution in [0.1, 0.15) is 64.2 Å². The third-order valence-electron chi connectivity index (χ3n) is 10.2. The largest absolute Gasteiger partial charge is 0.455 e. The predicted molar refractivity (Wildman–Crippen MR) is 135 cm³/mol. The molecule has 0 radical (unpaired) electrons. The monoisotopic (exact) mass is 530 g/mol. The summed E-state index contributed by atoms with van der Waals surface area (Å²) in [7, 11) is 0. The van der Waals surface area contributed by atoms with E-state index in [0.717, 1.165) is 0 Å². The molecule has 4 aliphatic rings. The van der Waals surface area contributed by atoms with E-state index < -0.39 is 70.4 Å². The highest BCUT2D eigenvalue weighted by molar-refractivity contribution is 5.89. The van der Waals surface area contributed by atoms with Crippen molar-refractivity contribution in [1.82, 2.24) is 0 Å². The molecule has 0 spiro atoms. The third-order valence-corrected chi connectivity index (χ3v) is 10.2. The fourth-order valence-corrected chi connectivity index (χ4v) is 7.71. The summed E-state index contributed by atoms with van der Waals surface area (Å²) in [6.07, 6.45) is -5.43. The number of esters is 2. The first-order valence-corrected chi connectivity index (χ1v) is 13.2. The maximum Gasteiger partial charge on any atom is 0.338 e. The van der Waals surface area contributed by atoms with Crippen molar-refractivity contribution in [3.8, 4) is 0 Å². The molecule has 1 aromatic rings. The zero-order valence-electron chi connectivity index (χ0n) is 22.5. The molecule has 0 amide bonds. The molecule has 9 heteroatoms. The van der Waals surface area contributed by atoms with Crippen LogP contribution < -0.4 is 0 Å². The molecule has 38 heavy (non-hydrogen) atoms. The van der Waals surface area contributed by atoms with Crippen molar-refractivity contribution in [2.75, 3.05) is 6.61 Å². The van der Waals surface area contributed by atoms with E-state index in [-0.39, 0.29) is 31.4 Å². The zero-order chi connectivity index (χ0) is 27.8. The summed E-state index contributed by atoms with van der Waals surface area (Å²) in [6, 6.07) is 8.32. The van der Waals surface area contributed by atoms with Crippen molar-refractivity contribution in [1.29, 1.82) is 0 Å². The minimum atomic E-state index is -1.85. The highest BCUT2D eigenvalue weighted by Gasteiger charge is 2.76. The molecule has 1 aromatic carbocycles. The van der Waals surface area contributed by atoms with E-state index >= 15 is 0 Å². The Morgan fingerprint density at radius 3 is 2.29 bits per heavy atom. The smallest absolute Gasteiger partial charge is 0.338 e. The van der Waals surface area contributed by atoms with Gasteiger partial charge < -0.3 is 34.6 Å². The molecule has 4 N–H and O–H groups in total. The minimum absolute atomic E-state index is 0.0445. The number of carbonyl (C=O) groups is 2. The number of aliphatic hydroxyl groups is 4. The Hall–Kier alpha value is -2.30. The van der Waals surface area contributed by atoms with E-state index in [4.69, 9.17) is 14.2 Å². The van der Waals surface area contributed by atoms with Gasteiger partial charge in [0, 0.05) is 30.6 Å². The summed E-state index contributed by atoms with van der Waals surface area (Å²) < 4.78 is 18.0. The second-order valence-electron chi connectivity index (χ2n) is 12.3. The molecule has 0 aromatic heterocycles. The van der Waals surface area contributed by atoms with Gasteiger partial charge in [-0.1, -0.05) is 44.5 Å². The van der Waals surface area contributed by atoms with E-state index in [9.17, 15) is 30.0 Å². The maximum absolute atomic E-state index is 13.6. The third kappa shape index (κ3) is 3.55. The first-order chi connectivity index (χ1) is 17.7. The number of hydrogen-bond acceptors (Lipinski definition) is 9. The van der Waals surface area contributed by atoms with Crippen molar-refractivity contribution in [2.24, 2.45) is 16.7 Å². The molecule has 3 aliphatic carbocycles. The Labute approximate surface area is 222 Å². The second kappa shape index (κ2) is 8.86. The standard InChI is InChI=1S/C29H38O9/c1-15-18-11-20(32)27(5)21(33)12-22-28(14-36-22,38-16(2)30)23(27)24(29(35,13-19(15)31)26(18,3)4)37-25(34)17-9-7-6-8-10-17/h6-10,19-24,31-33,35H,11-14H2,1-5H3/t19-,20+,21-,22+,23-,24-,27+,28-,29+/m0/s1. The van der Waals surface area contributed by atoms with Crippen LogP contribution in [0, 0.1) is 16.7 Å². The SMILES string of the molecule is CC(=O)O[C@@]12CO[C@@H]1C[C@H](O)[C@@]1(C)[C@H](O)CC3=C(C)[C@@H](O)C[C@@](O)([C@@H](OC(=O)c4ccccc4)[C@H]21)C3(C)C. The maximum atomic E-state index is 13.6. The molecule has 1 saturated heterocycles. The summed E-state index contributed by atoms with van der Waals surface area (Å²) in [5, 5.41) is 47.1. The lowest BCUT2D eigenvalue weighted by atomic mass is 9.45. The van der Waals surface area contributed by atoms with Crippen LogP contribution in [0.5, 0.6) is 0 Å². The van der Waals surface area contributed by atoms with Crippen LogP contribution in [0.15, 0.2) is 41.5 Å². The van der Waals surface area contributed by atoms with Crippen LogP contribution in [-0.2, 0) is 19.0 Å². The number of carbonyl (C=O) groups excluding carboxylic acids is 2. The lowest BCUT2D eigenvalue weighted by Gasteiger charge is -2.68. The molecule has 208 valence electrons. The van der Waals surface area contributed by atoms with Gasteiger partial charge in [0.05, 0.1) is 36.4 Å². The molecule has 2 bridgehead atoms. The molecule has 9 atom stereocenters. The van der Waals surface area contributed by atoms with E-state index in [1.807, 2.05) is 13.8 Å². The molecular weight excluding hydrogens is 492 g/mol. The van der Waals surface area contributed by atoms with Gasteiger partial charge in [-0.3, -0.25) is 4.79 Å². The van der Waals surface area contributed by atoms with Gasteiger partial charge in [-0.05, 0) is 31.1 Å². The summed E-state index contributed by atoms with van der Waals surface area (Å²) in [5.74, 6) is -2.36. The molecule has 9 nitrogen and oxygen atoms in total. The van der Waals surface area contributed by atoms with E-state index in [1.165, 1.54) is 6.92 Å². The molecule has 3 fully saturated rings. The Bertz CT molecular complexity index is 1160. The predicted octanol–water partition coefficient (Wildman–Crippen LogP) is 1.90. The van der Waals surface area contributed by atoms with E-state index in [0.29, 0.717) is 11.1 Å². The Kier molecular flexibility index (Phi) is 6.36. The van der Waals surface area contributed by atoms with E-state index in [1.54, 1.807) is 44.2 Å². The molecular formula is C29H38O9. The van der Waals surface area contributed by atoms with Crippen LogP contribution in [0.4, 0.5) is 0 Å². The van der Waals surface area contributed by atoms with Gasteiger partial charge >= 0.3 is 11.9 Å². The number of fused-ring (bicyclic) bond motifs is 5. The first-order valence-electron chi connectivity index (χ1n) is 13.2. The molecule has 2 saturated carbocycles. The summed E-state index contributed by atoms with van der Waals surface area (Å²) in [6.45, 7) is 8.31. The Morgan fingerprint density at radius 1 is 1.05 bits per heavy atom. The highest BCUT2D eigenvalue weighted by atomic mass is 16.6. The second-order valence-corrected chi connectivity index (χ2v) is 12.3. The number of benzene rings is 1. The first kappa shape index (κ1) is 27.3. The van der Waals surface area contributed by atoms with Crippen LogP contribution >= 0.6 is 0 Å². The normalized spacial score (nSPS) is 43.5. The lowest BCUT2D eigenvalue weighted by Crippen LogP contribution is -2.81. The van der Waals surface area contributed by atoms with Crippen molar-refractivity contribution in [2.45, 2.75) is 95.6 Å². The molecule has 0 unspecified atom stereocenters. The molecule has 1 aliphatic heterocycles. The van der Waals surface area contributed by atoms with Gasteiger partial charge in [0.2, 0.25) is 0 Å². The fraction of sp³-hybridized carbons (Fsp3) is 0.655. The van der Waals surface area contributed by atoms with Crippen molar-refractivity contribution >= 4 is 11.9 Å². The Morgan fingerprint density at radius 2 is 1.71 bits per heavy atom. The van der Waals surface area contributed by atoms with Crippen LogP contribution in [0.2, 0.25) is 0 Å². The molecule has 5 rings (SSSR count). The van der Waals surface area contributed by atoms with Crippen LogP contribution in [-0.4, -0.2) is 80.7 Å². The average Bonchev–Trinajstić information content (AvgIpc) is 2.85. The van der Waals surface area contributed by atoms with Gasteiger partial charge in [0.25, 0.3) is 0 Å². The number of ether oxygens (including phenoxy) is 3. The van der Waals surface area contributed by atoms with Crippen LogP contribution in [0.3, 0.4) is 0 Å². The fourth-order valence-electron chi connectivity index (χ4n) is 7.71. The quantitative estimate of drug-likeness (QED) is 0.340. The van der Waals surface area contributed by atoms with Gasteiger partial charge in [-0.15, -0.1) is 0 Å². The van der Waals surface area contributed by atoms with Gasteiger partial charge in [-0.25, -0.2) is 4.79 Å². The van der Waals surface area contributed by atoms with Crippen molar-refractivity contribution in [3.05, 3.63) is 47.0 Å². The van der Waals surface area contributed by atoms with Crippen molar-refractivity contribution < 1.29 is 44.2 Å². The number of rotatable bonds is 3. The summed E-state index contributed by atoms with van der Waals surface area (Å²) >= 11 is 0. The summed E-state index contributed by atoms with van der Waals surface area (Å²) in [5.41, 5.74) is -4.10. The Balaban J connectivity index is 1.78.